The fourth-order valence-corrected chi connectivity index (χ4v) is 2.10. The number of nitrogens with two attached hydrogens (primary N) is 1. The fraction of sp³-hybridized carbons (Fsp3) is 0.200. The zero-order valence-corrected chi connectivity index (χ0v) is 11.7. The topological polar surface area (TPSA) is 56.5 Å². The zero-order chi connectivity index (χ0) is 15.4. The van der Waals surface area contributed by atoms with Gasteiger partial charge in [-0.2, -0.15) is 0 Å². The third kappa shape index (κ3) is 3.29. The lowest BCUT2D eigenvalue weighted by atomic mass is 9.98. The Morgan fingerprint density at radius 1 is 1.00 bits per heavy atom. The molecule has 0 aliphatic rings. The van der Waals surface area contributed by atoms with E-state index in [1.807, 2.05) is 0 Å². The van der Waals surface area contributed by atoms with Crippen LogP contribution in [-0.2, 0) is 0 Å². The lowest BCUT2D eigenvalue weighted by Crippen LogP contribution is -2.29. The number of hydrogen-bond acceptors (Lipinski definition) is 4. The van der Waals surface area contributed by atoms with E-state index >= 15 is 0 Å². The number of nitrogens with one attached hydrogen (secondary N) is 1. The molecule has 112 valence electrons. The van der Waals surface area contributed by atoms with Gasteiger partial charge in [-0.3, -0.25) is 5.84 Å². The van der Waals surface area contributed by atoms with Crippen molar-refractivity contribution in [2.75, 3.05) is 14.2 Å². The minimum absolute atomic E-state index is 0.104. The number of benzene rings is 2. The molecular formula is C15H16F2N2O2. The van der Waals surface area contributed by atoms with Gasteiger partial charge in [0, 0.05) is 11.6 Å². The summed E-state index contributed by atoms with van der Waals surface area (Å²) in [5.74, 6) is 5.48. The predicted octanol–water partition coefficient (Wildman–Crippen LogP) is 2.53. The zero-order valence-electron chi connectivity index (χ0n) is 11.7. The van der Waals surface area contributed by atoms with Crippen molar-refractivity contribution >= 4 is 0 Å². The molecule has 0 saturated carbocycles. The summed E-state index contributed by atoms with van der Waals surface area (Å²) in [4.78, 5) is 0. The Hall–Kier alpha value is -2.18. The first kappa shape index (κ1) is 15.2. The van der Waals surface area contributed by atoms with Crippen molar-refractivity contribution in [3.8, 4) is 11.5 Å². The molecule has 2 rings (SSSR count). The number of halogens is 2. The summed E-state index contributed by atoms with van der Waals surface area (Å²) in [7, 11) is 3.01. The monoisotopic (exact) mass is 294 g/mol. The van der Waals surface area contributed by atoms with E-state index in [0.29, 0.717) is 17.1 Å². The average Bonchev–Trinajstić information content (AvgIpc) is 2.51. The van der Waals surface area contributed by atoms with Crippen molar-refractivity contribution in [1.29, 1.82) is 0 Å². The van der Waals surface area contributed by atoms with Gasteiger partial charge in [0.1, 0.15) is 23.1 Å². The average molecular weight is 294 g/mol. The van der Waals surface area contributed by atoms with E-state index in [-0.39, 0.29) is 5.56 Å². The normalized spacial score (nSPS) is 12.0. The number of rotatable bonds is 5. The van der Waals surface area contributed by atoms with E-state index in [1.165, 1.54) is 14.2 Å². The van der Waals surface area contributed by atoms with Gasteiger partial charge in [-0.1, -0.05) is 0 Å². The van der Waals surface area contributed by atoms with Crippen LogP contribution in [-0.4, -0.2) is 14.2 Å². The van der Waals surface area contributed by atoms with Gasteiger partial charge in [0.15, 0.2) is 0 Å². The van der Waals surface area contributed by atoms with Crippen LogP contribution in [0.2, 0.25) is 0 Å². The van der Waals surface area contributed by atoms with Gasteiger partial charge in [-0.05, 0) is 35.9 Å². The van der Waals surface area contributed by atoms with Gasteiger partial charge < -0.3 is 9.47 Å². The van der Waals surface area contributed by atoms with E-state index in [0.717, 1.165) is 18.2 Å². The van der Waals surface area contributed by atoms with Crippen molar-refractivity contribution in [3.63, 3.8) is 0 Å². The van der Waals surface area contributed by atoms with E-state index in [9.17, 15) is 8.78 Å². The Kier molecular flexibility index (Phi) is 4.72. The Morgan fingerprint density at radius 3 is 2.14 bits per heavy atom. The summed E-state index contributed by atoms with van der Waals surface area (Å²) in [5.41, 5.74) is 3.19. The van der Waals surface area contributed by atoms with Gasteiger partial charge in [-0.15, -0.1) is 0 Å². The SMILES string of the molecule is COc1cc(OC)cc(C(NN)c2cc(F)ccc2F)c1. The molecule has 0 aromatic heterocycles. The molecule has 0 aliphatic heterocycles. The Morgan fingerprint density at radius 2 is 1.62 bits per heavy atom. The van der Waals surface area contributed by atoms with E-state index < -0.39 is 17.7 Å². The van der Waals surface area contributed by atoms with Crippen LogP contribution in [0.1, 0.15) is 17.2 Å². The molecule has 6 heteroatoms. The molecule has 21 heavy (non-hydrogen) atoms. The number of ether oxygens (including phenoxy) is 2. The summed E-state index contributed by atoms with van der Waals surface area (Å²) >= 11 is 0. The molecule has 0 amide bonds. The summed E-state index contributed by atoms with van der Waals surface area (Å²) < 4.78 is 37.6. The smallest absolute Gasteiger partial charge is 0.128 e. The van der Waals surface area contributed by atoms with E-state index in [4.69, 9.17) is 15.3 Å². The third-order valence-electron chi connectivity index (χ3n) is 3.14. The molecule has 2 aromatic rings. The summed E-state index contributed by atoms with van der Waals surface area (Å²) in [5, 5.41) is 0. The second-order valence-electron chi connectivity index (χ2n) is 4.41. The molecule has 0 aliphatic carbocycles. The maximum atomic E-state index is 13.9. The van der Waals surface area contributed by atoms with E-state index in [2.05, 4.69) is 5.43 Å². The summed E-state index contributed by atoms with van der Waals surface area (Å²) in [6.45, 7) is 0. The number of methoxy groups -OCH3 is 2. The van der Waals surface area contributed by atoms with Gasteiger partial charge in [0.2, 0.25) is 0 Å². The van der Waals surface area contributed by atoms with Crippen LogP contribution in [0.15, 0.2) is 36.4 Å². The molecule has 2 aromatic carbocycles. The van der Waals surface area contributed by atoms with Crippen molar-refractivity contribution in [2.24, 2.45) is 5.84 Å². The van der Waals surface area contributed by atoms with Gasteiger partial charge in [-0.25, -0.2) is 14.2 Å². The number of hydrogen-bond donors (Lipinski definition) is 2. The predicted molar refractivity (Wildman–Crippen MR) is 75.1 cm³/mol. The second kappa shape index (κ2) is 6.51. The quantitative estimate of drug-likeness (QED) is 0.657. The highest BCUT2D eigenvalue weighted by Crippen LogP contribution is 2.30. The van der Waals surface area contributed by atoms with Crippen LogP contribution in [0.4, 0.5) is 8.78 Å². The minimum Gasteiger partial charge on any atom is -0.497 e. The molecule has 4 nitrogen and oxygen atoms in total. The molecule has 0 fully saturated rings. The van der Waals surface area contributed by atoms with Crippen LogP contribution in [0.25, 0.3) is 0 Å². The number of hydrazine groups is 1. The van der Waals surface area contributed by atoms with Gasteiger partial charge in [0.05, 0.1) is 20.3 Å². The highest BCUT2D eigenvalue weighted by atomic mass is 19.1. The molecule has 0 bridgehead atoms. The Labute approximate surface area is 121 Å². The molecular weight excluding hydrogens is 278 g/mol. The molecule has 1 atom stereocenters. The van der Waals surface area contributed by atoms with Crippen molar-refractivity contribution < 1.29 is 18.3 Å². The first-order valence-corrected chi connectivity index (χ1v) is 6.23. The third-order valence-corrected chi connectivity index (χ3v) is 3.14. The lowest BCUT2D eigenvalue weighted by Gasteiger charge is -2.19. The van der Waals surface area contributed by atoms with Crippen molar-refractivity contribution in [2.45, 2.75) is 6.04 Å². The van der Waals surface area contributed by atoms with Gasteiger partial charge in [0.25, 0.3) is 0 Å². The Bertz CT molecular complexity index is 613. The summed E-state index contributed by atoms with van der Waals surface area (Å²) in [6, 6.07) is 7.52. The van der Waals surface area contributed by atoms with Crippen LogP contribution in [0, 0.1) is 11.6 Å². The van der Waals surface area contributed by atoms with Crippen LogP contribution in [0.5, 0.6) is 11.5 Å². The second-order valence-corrected chi connectivity index (χ2v) is 4.41. The van der Waals surface area contributed by atoms with Gasteiger partial charge >= 0.3 is 0 Å². The fourth-order valence-electron chi connectivity index (χ4n) is 2.10. The standard InChI is InChI=1S/C15H16F2N2O2/c1-20-11-5-9(6-12(8-11)21-2)15(19-18)13-7-10(16)3-4-14(13)17/h3-8,15,19H,18H2,1-2H3. The highest BCUT2D eigenvalue weighted by molar-refractivity contribution is 5.43. The molecule has 3 N–H and O–H groups in total. The maximum Gasteiger partial charge on any atom is 0.128 e. The first-order chi connectivity index (χ1) is 10.1. The first-order valence-electron chi connectivity index (χ1n) is 6.23. The maximum absolute atomic E-state index is 13.9. The van der Waals surface area contributed by atoms with E-state index in [1.54, 1.807) is 18.2 Å². The van der Waals surface area contributed by atoms with Crippen LogP contribution >= 0.6 is 0 Å². The summed E-state index contributed by atoms with van der Waals surface area (Å²) in [6.07, 6.45) is 0. The van der Waals surface area contributed by atoms with Crippen molar-refractivity contribution in [1.82, 2.24) is 5.43 Å². The Balaban J connectivity index is 2.52. The minimum atomic E-state index is -0.732. The molecule has 0 saturated heterocycles. The molecule has 0 spiro atoms. The molecule has 0 radical (unpaired) electrons. The lowest BCUT2D eigenvalue weighted by molar-refractivity contribution is 0.392. The van der Waals surface area contributed by atoms with Crippen LogP contribution in [0.3, 0.4) is 0 Å². The molecule has 0 heterocycles. The molecule has 1 unspecified atom stereocenters. The largest absolute Gasteiger partial charge is 0.497 e. The van der Waals surface area contributed by atoms with Crippen molar-refractivity contribution in [3.05, 3.63) is 59.2 Å². The highest BCUT2D eigenvalue weighted by Gasteiger charge is 2.19. The van der Waals surface area contributed by atoms with Crippen LogP contribution < -0.4 is 20.7 Å².